The smallest absolute Gasteiger partial charge is 0.357 e. The van der Waals surface area contributed by atoms with Crippen LogP contribution in [0.3, 0.4) is 0 Å². The molecule has 4 rings (SSSR count). The van der Waals surface area contributed by atoms with Crippen molar-refractivity contribution in [1.29, 1.82) is 0 Å². The van der Waals surface area contributed by atoms with Gasteiger partial charge in [0.15, 0.2) is 11.5 Å². The predicted molar refractivity (Wildman–Crippen MR) is 109 cm³/mol. The number of nitrogen functional groups attached to an aromatic ring is 1. The van der Waals surface area contributed by atoms with Crippen LogP contribution in [-0.2, 0) is 11.3 Å². The Balaban J connectivity index is 1.84. The third kappa shape index (κ3) is 3.35. The van der Waals surface area contributed by atoms with Gasteiger partial charge >= 0.3 is 11.9 Å². The van der Waals surface area contributed by atoms with E-state index in [9.17, 15) is 19.5 Å². The Bertz CT molecular complexity index is 1420. The first-order valence-electron chi connectivity index (χ1n) is 9.27. The van der Waals surface area contributed by atoms with Crippen LogP contribution in [0.4, 0.5) is 5.82 Å². The highest BCUT2D eigenvalue weighted by molar-refractivity contribution is 6.07. The van der Waals surface area contributed by atoms with Crippen LogP contribution in [0, 0.1) is 6.92 Å². The van der Waals surface area contributed by atoms with E-state index in [2.05, 4.69) is 15.1 Å². The Morgan fingerprint density at radius 2 is 1.94 bits per heavy atom. The van der Waals surface area contributed by atoms with Crippen molar-refractivity contribution in [3.63, 3.8) is 0 Å². The third-order valence-electron chi connectivity index (χ3n) is 4.64. The summed E-state index contributed by atoms with van der Waals surface area (Å²) in [5.41, 5.74) is 5.45. The first kappa shape index (κ1) is 20.0. The second kappa shape index (κ2) is 7.52. The summed E-state index contributed by atoms with van der Waals surface area (Å²) in [6.45, 7) is 3.17. The molecule has 31 heavy (non-hydrogen) atoms. The number of esters is 1. The van der Waals surface area contributed by atoms with E-state index in [-0.39, 0.29) is 63.7 Å². The monoisotopic (exact) mass is 423 g/mol. The number of benzene rings is 1. The van der Waals surface area contributed by atoms with Crippen LogP contribution >= 0.6 is 0 Å². The highest BCUT2D eigenvalue weighted by Gasteiger charge is 2.24. The van der Waals surface area contributed by atoms with Crippen molar-refractivity contribution in [2.75, 3.05) is 12.3 Å². The van der Waals surface area contributed by atoms with Crippen LogP contribution in [0.1, 0.15) is 39.4 Å². The Kier molecular flexibility index (Phi) is 4.85. The second-order valence-electron chi connectivity index (χ2n) is 6.62. The average molecular weight is 423 g/mol. The van der Waals surface area contributed by atoms with Gasteiger partial charge in [-0.3, -0.25) is 4.79 Å². The topological polar surface area (TPSA) is 163 Å². The maximum Gasteiger partial charge on any atom is 0.357 e. The number of nitrogens with zero attached hydrogens (tertiary/aromatic N) is 4. The number of nitrogens with two attached hydrogens (primary N) is 1. The van der Waals surface area contributed by atoms with Crippen LogP contribution in [0.15, 0.2) is 33.5 Å². The summed E-state index contributed by atoms with van der Waals surface area (Å²) < 4.78 is 11.5. The molecule has 3 aromatic heterocycles. The number of carboxylic acid groups (broad SMARTS) is 1. The molecule has 3 N–H and O–H groups in total. The number of aromatic nitrogens is 4. The quantitative estimate of drug-likeness (QED) is 0.452. The molecular formula is C20H17N5O6. The molecule has 0 radical (unpaired) electrons. The van der Waals surface area contributed by atoms with Crippen LogP contribution in [0.25, 0.3) is 21.9 Å². The van der Waals surface area contributed by atoms with Gasteiger partial charge in [-0.25, -0.2) is 19.3 Å². The minimum Gasteiger partial charge on any atom is -0.476 e. The summed E-state index contributed by atoms with van der Waals surface area (Å²) in [6.07, 6.45) is 0. The lowest BCUT2D eigenvalue weighted by atomic mass is 10.1. The number of fused-ring (bicyclic) bond motifs is 2. The predicted octanol–water partition coefficient (Wildman–Crippen LogP) is 1.75. The Hall–Kier alpha value is -4.28. The van der Waals surface area contributed by atoms with Crippen LogP contribution in [-0.4, -0.2) is 43.4 Å². The first-order valence-corrected chi connectivity index (χ1v) is 9.27. The molecule has 0 bridgehead atoms. The molecule has 3 heterocycles. The highest BCUT2D eigenvalue weighted by atomic mass is 16.5. The number of rotatable bonds is 5. The first-order chi connectivity index (χ1) is 14.8. The zero-order valence-corrected chi connectivity index (χ0v) is 16.6. The summed E-state index contributed by atoms with van der Waals surface area (Å²) >= 11 is 0. The molecule has 0 saturated heterocycles. The van der Waals surface area contributed by atoms with E-state index in [0.717, 1.165) is 4.68 Å². The minimum absolute atomic E-state index is 0.0350. The molecule has 0 unspecified atom stereocenters. The molecule has 0 atom stereocenters. The lowest BCUT2D eigenvalue weighted by molar-refractivity contribution is 0.0525. The van der Waals surface area contributed by atoms with E-state index in [4.69, 9.17) is 14.9 Å². The van der Waals surface area contributed by atoms with E-state index in [1.54, 1.807) is 26.0 Å². The van der Waals surface area contributed by atoms with Gasteiger partial charge in [-0.1, -0.05) is 18.2 Å². The maximum atomic E-state index is 12.8. The molecule has 11 heteroatoms. The van der Waals surface area contributed by atoms with E-state index < -0.39 is 17.5 Å². The second-order valence-corrected chi connectivity index (χ2v) is 6.62. The van der Waals surface area contributed by atoms with Gasteiger partial charge in [0.2, 0.25) is 5.71 Å². The molecule has 0 aliphatic heterocycles. The van der Waals surface area contributed by atoms with Gasteiger partial charge in [-0.2, -0.15) is 10.1 Å². The standard InChI is InChI=1S/C20H17N5O6/c1-3-30-20(29)13-9(2)31-17-14(13)16(21)22-12(23-17)8-25-18(26)11-7-5-4-6-10(11)15(24-25)19(27)28/h4-7H,3,8H2,1-2H3,(H,27,28)(H2,21,22,23). The number of carboxylic acids is 1. The summed E-state index contributed by atoms with van der Waals surface area (Å²) in [5, 5.41) is 14.1. The number of carbonyl (C=O) groups is 2. The van der Waals surface area contributed by atoms with Crippen LogP contribution < -0.4 is 11.3 Å². The number of anilines is 1. The van der Waals surface area contributed by atoms with Gasteiger partial charge in [0.05, 0.1) is 17.4 Å². The Morgan fingerprint density at radius 1 is 1.23 bits per heavy atom. The molecule has 0 fully saturated rings. The minimum atomic E-state index is -1.28. The number of furan rings is 1. The number of ether oxygens (including phenoxy) is 1. The molecule has 0 saturated carbocycles. The van der Waals surface area contributed by atoms with Gasteiger partial charge in [0.1, 0.15) is 23.7 Å². The zero-order valence-electron chi connectivity index (χ0n) is 16.6. The fraction of sp³-hybridized carbons (Fsp3) is 0.200. The average Bonchev–Trinajstić information content (AvgIpc) is 3.06. The maximum absolute atomic E-state index is 12.8. The zero-order chi connectivity index (χ0) is 22.3. The molecule has 158 valence electrons. The Morgan fingerprint density at radius 3 is 2.61 bits per heavy atom. The van der Waals surface area contributed by atoms with Crippen molar-refractivity contribution >= 4 is 39.6 Å². The van der Waals surface area contributed by atoms with Gasteiger partial charge in [-0.15, -0.1) is 0 Å². The molecule has 11 nitrogen and oxygen atoms in total. The molecule has 0 aliphatic rings. The van der Waals surface area contributed by atoms with Crippen LogP contribution in [0.2, 0.25) is 0 Å². The molecule has 0 aliphatic carbocycles. The molecule has 0 amide bonds. The summed E-state index contributed by atoms with van der Waals surface area (Å²) in [7, 11) is 0. The number of carbonyl (C=O) groups excluding carboxylic acids is 1. The summed E-state index contributed by atoms with van der Waals surface area (Å²) in [6, 6.07) is 6.28. The molecule has 4 aromatic rings. The van der Waals surface area contributed by atoms with Crippen molar-refractivity contribution in [1.82, 2.24) is 19.7 Å². The number of aryl methyl sites for hydroxylation is 1. The van der Waals surface area contributed by atoms with Gasteiger partial charge in [0.25, 0.3) is 5.56 Å². The summed E-state index contributed by atoms with van der Waals surface area (Å²) in [5.74, 6) is -1.59. The SMILES string of the molecule is CCOC(=O)c1c(C)oc2nc(Cn3nc(C(=O)O)c4ccccc4c3=O)nc(N)c12. The van der Waals surface area contributed by atoms with Crippen LogP contribution in [0.5, 0.6) is 0 Å². The van der Waals surface area contributed by atoms with Crippen molar-refractivity contribution in [3.8, 4) is 0 Å². The van der Waals surface area contributed by atoms with Crippen molar-refractivity contribution in [2.45, 2.75) is 20.4 Å². The normalized spacial score (nSPS) is 11.2. The lowest BCUT2D eigenvalue weighted by Crippen LogP contribution is -2.27. The lowest BCUT2D eigenvalue weighted by Gasteiger charge is -2.09. The van der Waals surface area contributed by atoms with Gasteiger partial charge < -0.3 is 20.0 Å². The largest absolute Gasteiger partial charge is 0.476 e. The Labute approximate surface area is 174 Å². The summed E-state index contributed by atoms with van der Waals surface area (Å²) in [4.78, 5) is 45.1. The molecule has 0 spiro atoms. The van der Waals surface area contributed by atoms with Crippen molar-refractivity contribution < 1.29 is 23.8 Å². The van der Waals surface area contributed by atoms with Gasteiger partial charge in [0, 0.05) is 5.39 Å². The number of hydrogen-bond acceptors (Lipinski definition) is 9. The molecular weight excluding hydrogens is 406 g/mol. The van der Waals surface area contributed by atoms with E-state index in [1.807, 2.05) is 0 Å². The van der Waals surface area contributed by atoms with E-state index >= 15 is 0 Å². The van der Waals surface area contributed by atoms with Crippen molar-refractivity contribution in [3.05, 3.63) is 57.5 Å². The van der Waals surface area contributed by atoms with Gasteiger partial charge in [-0.05, 0) is 19.9 Å². The van der Waals surface area contributed by atoms with Crippen molar-refractivity contribution in [2.24, 2.45) is 0 Å². The van der Waals surface area contributed by atoms with E-state index in [1.165, 1.54) is 12.1 Å². The highest BCUT2D eigenvalue weighted by Crippen LogP contribution is 2.29. The molecule has 1 aromatic carbocycles. The third-order valence-corrected chi connectivity index (χ3v) is 4.64. The fourth-order valence-corrected chi connectivity index (χ4v) is 3.34. The number of hydrogen-bond donors (Lipinski definition) is 2. The van der Waals surface area contributed by atoms with E-state index in [0.29, 0.717) is 0 Å². The number of aromatic carboxylic acids is 1. The fourth-order valence-electron chi connectivity index (χ4n) is 3.34.